The Balaban J connectivity index is 1.83. The van der Waals surface area contributed by atoms with Crippen molar-refractivity contribution in [2.75, 3.05) is 13.2 Å². The third kappa shape index (κ3) is 2.74. The maximum Gasteiger partial charge on any atom is 0.251 e. The van der Waals surface area contributed by atoms with Crippen molar-refractivity contribution < 1.29 is 28.8 Å². The van der Waals surface area contributed by atoms with Crippen LogP contribution in [0.3, 0.4) is 0 Å². The van der Waals surface area contributed by atoms with Crippen LogP contribution in [-0.2, 0) is 4.74 Å². The Morgan fingerprint density at radius 3 is 2.41 bits per heavy atom. The van der Waals surface area contributed by atoms with Crippen LogP contribution in [0.2, 0.25) is 0 Å². The Kier molecular flexibility index (Phi) is 3.65. The van der Waals surface area contributed by atoms with E-state index < -0.39 is 30.3 Å². The molecule has 2 aliphatic rings. The highest BCUT2D eigenvalue weighted by Crippen LogP contribution is 2.37. The largest absolute Gasteiger partial charge is 0.394 e. The summed E-state index contributed by atoms with van der Waals surface area (Å²) in [6.45, 7) is -0.294. The predicted molar refractivity (Wildman–Crippen MR) is 53.7 cm³/mol. The molecule has 2 rings (SSSR count). The van der Waals surface area contributed by atoms with Gasteiger partial charge in [0.2, 0.25) is 0 Å². The van der Waals surface area contributed by atoms with Gasteiger partial charge in [0, 0.05) is 18.9 Å². The summed E-state index contributed by atoms with van der Waals surface area (Å²) in [5.74, 6) is -2.62. The van der Waals surface area contributed by atoms with Crippen molar-refractivity contribution in [3.05, 3.63) is 0 Å². The van der Waals surface area contributed by atoms with E-state index >= 15 is 0 Å². The third-order valence-electron chi connectivity index (χ3n) is 3.35. The Hall–Kier alpha value is -0.340. The van der Waals surface area contributed by atoms with Gasteiger partial charge in [-0.15, -0.1) is 0 Å². The lowest BCUT2D eigenvalue weighted by Crippen LogP contribution is -2.63. The van der Waals surface area contributed by atoms with Crippen LogP contribution in [-0.4, -0.2) is 64.9 Å². The molecule has 1 aliphatic carbocycles. The van der Waals surface area contributed by atoms with Crippen LogP contribution < -0.4 is 5.32 Å². The van der Waals surface area contributed by atoms with Crippen LogP contribution in [0.15, 0.2) is 0 Å². The predicted octanol–water partition coefficient (Wildman–Crippen LogP) is -1.14. The standard InChI is InChI=1S/C10H17F2NO4/c11-10(12)1-5(2-10)13-6-4-17-7(3-14)9(16)8(6)15/h5-9,13-16H,1-4H2/t6-,7+,8+,9-/m0/s1. The molecule has 1 heterocycles. The number of hydrogen-bond acceptors (Lipinski definition) is 5. The van der Waals surface area contributed by atoms with Crippen molar-refractivity contribution in [2.45, 2.75) is 49.2 Å². The first kappa shape index (κ1) is 13.1. The molecule has 0 amide bonds. The van der Waals surface area contributed by atoms with Gasteiger partial charge >= 0.3 is 0 Å². The second-order valence-corrected chi connectivity index (χ2v) is 4.77. The lowest BCUT2D eigenvalue weighted by Gasteiger charge is -2.43. The van der Waals surface area contributed by atoms with Crippen molar-refractivity contribution >= 4 is 0 Å². The third-order valence-corrected chi connectivity index (χ3v) is 3.35. The topological polar surface area (TPSA) is 82.0 Å². The number of hydrogen-bond donors (Lipinski definition) is 4. The summed E-state index contributed by atoms with van der Waals surface area (Å²) >= 11 is 0. The van der Waals surface area contributed by atoms with Gasteiger partial charge in [0.05, 0.1) is 19.3 Å². The van der Waals surface area contributed by atoms with Gasteiger partial charge in [-0.1, -0.05) is 0 Å². The molecule has 5 nitrogen and oxygen atoms in total. The van der Waals surface area contributed by atoms with Crippen LogP contribution in [0, 0.1) is 0 Å². The zero-order chi connectivity index (χ0) is 12.6. The van der Waals surface area contributed by atoms with E-state index in [1.54, 1.807) is 0 Å². The van der Waals surface area contributed by atoms with Crippen molar-refractivity contribution in [1.29, 1.82) is 0 Å². The first-order valence-corrected chi connectivity index (χ1v) is 5.65. The summed E-state index contributed by atoms with van der Waals surface area (Å²) in [4.78, 5) is 0. The molecule has 0 aromatic heterocycles. The number of aliphatic hydroxyl groups is 3. The minimum atomic E-state index is -2.62. The zero-order valence-corrected chi connectivity index (χ0v) is 9.22. The summed E-state index contributed by atoms with van der Waals surface area (Å²) in [7, 11) is 0. The maximum atomic E-state index is 12.6. The molecule has 0 radical (unpaired) electrons. The molecule has 4 N–H and O–H groups in total. The Bertz CT molecular complexity index is 271. The Labute approximate surface area is 97.4 Å². The molecule has 1 saturated carbocycles. The second-order valence-electron chi connectivity index (χ2n) is 4.77. The molecule has 7 heteroatoms. The fourth-order valence-corrected chi connectivity index (χ4v) is 2.27. The van der Waals surface area contributed by atoms with E-state index in [4.69, 9.17) is 9.84 Å². The van der Waals surface area contributed by atoms with Gasteiger partial charge in [0.25, 0.3) is 5.92 Å². The Morgan fingerprint density at radius 1 is 1.24 bits per heavy atom. The molecule has 0 spiro atoms. The molecule has 1 saturated heterocycles. The smallest absolute Gasteiger partial charge is 0.251 e. The molecule has 4 atom stereocenters. The monoisotopic (exact) mass is 253 g/mol. The average molecular weight is 253 g/mol. The van der Waals surface area contributed by atoms with Crippen LogP contribution in [0.4, 0.5) is 8.78 Å². The second kappa shape index (κ2) is 4.74. The Morgan fingerprint density at radius 2 is 1.88 bits per heavy atom. The van der Waals surface area contributed by atoms with E-state index in [9.17, 15) is 19.0 Å². The lowest BCUT2D eigenvalue weighted by molar-refractivity contribution is -0.170. The van der Waals surface area contributed by atoms with Crippen LogP contribution in [0.25, 0.3) is 0 Å². The van der Waals surface area contributed by atoms with Crippen molar-refractivity contribution in [3.63, 3.8) is 0 Å². The summed E-state index contributed by atoms with van der Waals surface area (Å²) < 4.78 is 30.4. The van der Waals surface area contributed by atoms with Crippen molar-refractivity contribution in [2.24, 2.45) is 0 Å². The lowest BCUT2D eigenvalue weighted by atomic mass is 9.86. The molecular formula is C10H17F2NO4. The molecule has 2 fully saturated rings. The summed E-state index contributed by atoms with van der Waals surface area (Å²) in [6, 6.07) is -0.931. The number of ether oxygens (including phenoxy) is 1. The van der Waals surface area contributed by atoms with Crippen LogP contribution >= 0.6 is 0 Å². The molecule has 0 bridgehead atoms. The maximum absolute atomic E-state index is 12.6. The highest BCUT2D eigenvalue weighted by molar-refractivity contribution is 4.97. The summed E-state index contributed by atoms with van der Waals surface area (Å²) in [5.41, 5.74) is 0. The van der Waals surface area contributed by atoms with Gasteiger partial charge in [-0.25, -0.2) is 8.78 Å². The normalized spacial score (nSPS) is 42.2. The summed E-state index contributed by atoms with van der Waals surface area (Å²) in [5, 5.41) is 31.0. The fourth-order valence-electron chi connectivity index (χ4n) is 2.27. The fraction of sp³-hybridized carbons (Fsp3) is 1.00. The minimum absolute atomic E-state index is 0.0888. The van der Waals surface area contributed by atoms with Crippen LogP contribution in [0.1, 0.15) is 12.8 Å². The van der Waals surface area contributed by atoms with E-state index in [-0.39, 0.29) is 32.1 Å². The molecule has 1 aliphatic heterocycles. The molecular weight excluding hydrogens is 236 g/mol. The zero-order valence-electron chi connectivity index (χ0n) is 9.22. The van der Waals surface area contributed by atoms with E-state index in [1.165, 1.54) is 0 Å². The van der Waals surface area contributed by atoms with E-state index in [2.05, 4.69) is 5.32 Å². The molecule has 0 unspecified atom stereocenters. The number of aliphatic hydroxyl groups excluding tert-OH is 3. The quantitative estimate of drug-likeness (QED) is 0.511. The number of nitrogens with one attached hydrogen (secondary N) is 1. The van der Waals surface area contributed by atoms with Gasteiger partial charge < -0.3 is 25.4 Å². The van der Waals surface area contributed by atoms with Gasteiger partial charge in [-0.2, -0.15) is 0 Å². The van der Waals surface area contributed by atoms with Gasteiger partial charge in [-0.3, -0.25) is 0 Å². The van der Waals surface area contributed by atoms with Gasteiger partial charge in [0.15, 0.2) is 0 Å². The van der Waals surface area contributed by atoms with E-state index in [0.717, 1.165) is 0 Å². The number of halogens is 2. The molecule has 17 heavy (non-hydrogen) atoms. The van der Waals surface area contributed by atoms with E-state index in [1.807, 2.05) is 0 Å². The first-order chi connectivity index (χ1) is 7.93. The van der Waals surface area contributed by atoms with Gasteiger partial charge in [-0.05, 0) is 0 Å². The highest BCUT2D eigenvalue weighted by Gasteiger charge is 2.47. The van der Waals surface area contributed by atoms with Crippen molar-refractivity contribution in [1.82, 2.24) is 5.32 Å². The SMILES string of the molecule is OC[C@H]1OC[C@H](NC2CC(F)(F)C2)[C@@H](O)[C@H]1O. The van der Waals surface area contributed by atoms with E-state index in [0.29, 0.717) is 0 Å². The first-order valence-electron chi connectivity index (χ1n) is 5.65. The minimum Gasteiger partial charge on any atom is -0.394 e. The molecule has 0 aromatic carbocycles. The van der Waals surface area contributed by atoms with Crippen molar-refractivity contribution in [3.8, 4) is 0 Å². The number of rotatable bonds is 3. The average Bonchev–Trinajstić information content (AvgIpc) is 2.22. The number of alkyl halides is 2. The molecule has 100 valence electrons. The molecule has 0 aromatic rings. The van der Waals surface area contributed by atoms with Crippen LogP contribution in [0.5, 0.6) is 0 Å². The van der Waals surface area contributed by atoms with Gasteiger partial charge in [0.1, 0.15) is 18.3 Å². The highest BCUT2D eigenvalue weighted by atomic mass is 19.3. The summed E-state index contributed by atoms with van der Waals surface area (Å²) in [6.07, 6.45) is -3.64.